The van der Waals surface area contributed by atoms with Gasteiger partial charge in [-0.3, -0.25) is 4.79 Å². The summed E-state index contributed by atoms with van der Waals surface area (Å²) in [4.78, 5) is 11.5. The van der Waals surface area contributed by atoms with Gasteiger partial charge in [-0.15, -0.1) is 0 Å². The molecule has 11 heteroatoms. The Kier molecular flexibility index (Phi) is 20.0. The Morgan fingerprint density at radius 1 is 0.765 bits per heavy atom. The van der Waals surface area contributed by atoms with Gasteiger partial charge in [0.2, 0.25) is 0 Å². The quantitative estimate of drug-likeness (QED) is 0.0978. The van der Waals surface area contributed by atoms with Gasteiger partial charge in [0.15, 0.2) is 0 Å². The van der Waals surface area contributed by atoms with E-state index in [0.29, 0.717) is 33.0 Å². The van der Waals surface area contributed by atoms with Crippen molar-refractivity contribution in [2.45, 2.75) is 0 Å². The summed E-state index contributed by atoms with van der Waals surface area (Å²) in [5.41, 5.74) is -0.00525. The van der Waals surface area contributed by atoms with Crippen molar-refractivity contribution in [1.82, 2.24) is 10.6 Å². The molecule has 0 heterocycles. The van der Waals surface area contributed by atoms with E-state index in [-0.39, 0.29) is 30.9 Å². The summed E-state index contributed by atoms with van der Waals surface area (Å²) in [6.45, 7) is 2.43. The molecule has 0 amide bonds. The van der Waals surface area contributed by atoms with Gasteiger partial charge in [0, 0.05) is 6.54 Å². The van der Waals surface area contributed by atoms with E-state index >= 15 is 0 Å². The predicted molar refractivity (Wildman–Crippen MR) is 121 cm³/mol. The third-order valence-electron chi connectivity index (χ3n) is 3.32. The fourth-order valence-corrected chi connectivity index (χ4v) is 1.78. The fourth-order valence-electron chi connectivity index (χ4n) is 1.78. The van der Waals surface area contributed by atoms with Crippen LogP contribution in [0.15, 0.2) is 60.2 Å². The third kappa shape index (κ3) is 19.4. The van der Waals surface area contributed by atoms with Crippen LogP contribution in [0.2, 0.25) is 0 Å². The number of rotatable bonds is 18. The molecule has 0 aromatic carbocycles. The number of allylic oxidation sites excluding steroid dienone is 6. The molecule has 34 heavy (non-hydrogen) atoms. The lowest BCUT2D eigenvalue weighted by Gasteiger charge is -2.05. The van der Waals surface area contributed by atoms with E-state index in [0.717, 1.165) is 0 Å². The molecule has 0 rings (SSSR count). The average molecular weight is 466 g/mol. The zero-order valence-corrected chi connectivity index (χ0v) is 18.6. The van der Waals surface area contributed by atoms with Crippen LogP contribution in [-0.4, -0.2) is 58.7 Å². The summed E-state index contributed by atoms with van der Waals surface area (Å²) < 4.78 is 20.8. The van der Waals surface area contributed by atoms with Crippen LogP contribution in [0.5, 0.6) is 0 Å². The summed E-state index contributed by atoms with van der Waals surface area (Å²) >= 11 is 0. The summed E-state index contributed by atoms with van der Waals surface area (Å²) in [5.74, 6) is -0.466. The molecule has 0 saturated carbocycles. The Morgan fingerprint density at radius 2 is 1.38 bits per heavy atom. The Balaban J connectivity index is 3.52. The van der Waals surface area contributed by atoms with E-state index in [1.165, 1.54) is 30.7 Å². The van der Waals surface area contributed by atoms with Gasteiger partial charge in [-0.1, -0.05) is 0 Å². The van der Waals surface area contributed by atoms with Crippen LogP contribution in [-0.2, 0) is 23.7 Å². The van der Waals surface area contributed by atoms with E-state index in [9.17, 15) is 4.79 Å². The SMILES string of the molecule is N#CC(C#N)=C/C=C/NCCOCCO/C=C/COCCOC(=O)CN/C=C/C=C(C#N)C#N. The van der Waals surface area contributed by atoms with Crippen LogP contribution in [0.25, 0.3) is 0 Å². The summed E-state index contributed by atoms with van der Waals surface area (Å²) in [7, 11) is 0. The first kappa shape index (κ1) is 29.5. The molecule has 0 atom stereocenters. The number of hydrogen-bond donors (Lipinski definition) is 2. The molecule has 0 radical (unpaired) electrons. The molecule has 0 aromatic heterocycles. The maximum atomic E-state index is 11.5. The van der Waals surface area contributed by atoms with Crippen LogP contribution in [0.4, 0.5) is 0 Å². The van der Waals surface area contributed by atoms with Crippen molar-refractivity contribution in [3.63, 3.8) is 0 Å². The number of nitrogens with zero attached hydrogens (tertiary/aromatic N) is 4. The van der Waals surface area contributed by atoms with Gasteiger partial charge in [0.05, 0.1) is 32.7 Å². The smallest absolute Gasteiger partial charge is 0.325 e. The first-order chi connectivity index (χ1) is 16.7. The van der Waals surface area contributed by atoms with Crippen molar-refractivity contribution >= 4 is 5.97 Å². The van der Waals surface area contributed by atoms with Crippen LogP contribution >= 0.6 is 0 Å². The topological polar surface area (TPSA) is 173 Å². The van der Waals surface area contributed by atoms with Gasteiger partial charge in [-0.05, 0) is 42.8 Å². The Hall–Kier alpha value is -4.55. The lowest BCUT2D eigenvalue weighted by Crippen LogP contribution is -2.21. The minimum Gasteiger partial charge on any atom is -0.499 e. The number of esters is 1. The summed E-state index contributed by atoms with van der Waals surface area (Å²) in [6, 6.07) is 6.93. The Labute approximate surface area is 199 Å². The molecule has 2 N–H and O–H groups in total. The molecule has 0 saturated heterocycles. The molecule has 0 unspecified atom stereocenters. The highest BCUT2D eigenvalue weighted by atomic mass is 16.6. The molecular weight excluding hydrogens is 440 g/mol. The molecule has 11 nitrogen and oxygen atoms in total. The molecule has 0 fully saturated rings. The molecule has 0 aliphatic carbocycles. The number of hydrogen-bond acceptors (Lipinski definition) is 11. The van der Waals surface area contributed by atoms with Crippen molar-refractivity contribution in [3.05, 3.63) is 60.2 Å². The molecule has 0 aliphatic heterocycles. The zero-order valence-electron chi connectivity index (χ0n) is 18.6. The molecule has 178 valence electrons. The normalized spacial score (nSPS) is 10.0. The van der Waals surface area contributed by atoms with E-state index < -0.39 is 5.97 Å². The minimum atomic E-state index is -0.466. The van der Waals surface area contributed by atoms with Crippen molar-refractivity contribution in [2.75, 3.05) is 52.7 Å². The first-order valence-electron chi connectivity index (χ1n) is 10.1. The Bertz CT molecular complexity index is 878. The van der Waals surface area contributed by atoms with Crippen molar-refractivity contribution in [2.24, 2.45) is 0 Å². The number of carbonyl (C=O) groups is 1. The van der Waals surface area contributed by atoms with Crippen molar-refractivity contribution < 1.29 is 23.7 Å². The molecule has 0 aromatic rings. The van der Waals surface area contributed by atoms with E-state index in [2.05, 4.69) is 10.6 Å². The van der Waals surface area contributed by atoms with Gasteiger partial charge in [0.1, 0.15) is 55.2 Å². The van der Waals surface area contributed by atoms with Gasteiger partial charge in [0.25, 0.3) is 0 Å². The van der Waals surface area contributed by atoms with Crippen LogP contribution < -0.4 is 10.6 Å². The molecular formula is C23H26N6O5. The highest BCUT2D eigenvalue weighted by Crippen LogP contribution is 1.89. The molecule has 0 bridgehead atoms. The van der Waals surface area contributed by atoms with Crippen LogP contribution in [0, 0.1) is 45.3 Å². The second-order valence-corrected chi connectivity index (χ2v) is 5.81. The average Bonchev–Trinajstić information content (AvgIpc) is 2.85. The second-order valence-electron chi connectivity index (χ2n) is 5.81. The van der Waals surface area contributed by atoms with Gasteiger partial charge in [-0.2, -0.15) is 21.0 Å². The lowest BCUT2D eigenvalue weighted by atomic mass is 10.3. The number of nitrogens with one attached hydrogen (secondary N) is 2. The largest absolute Gasteiger partial charge is 0.499 e. The van der Waals surface area contributed by atoms with E-state index in [1.807, 2.05) is 0 Å². The maximum Gasteiger partial charge on any atom is 0.325 e. The first-order valence-corrected chi connectivity index (χ1v) is 10.1. The fraction of sp³-hybridized carbons (Fsp3) is 0.348. The van der Waals surface area contributed by atoms with Crippen LogP contribution in [0.3, 0.4) is 0 Å². The predicted octanol–water partition coefficient (Wildman–Crippen LogP) is 1.25. The summed E-state index contributed by atoms with van der Waals surface area (Å²) in [6.07, 6.45) is 12.0. The lowest BCUT2D eigenvalue weighted by molar-refractivity contribution is -0.143. The zero-order chi connectivity index (χ0) is 25.1. The summed E-state index contributed by atoms with van der Waals surface area (Å²) in [5, 5.41) is 39.8. The van der Waals surface area contributed by atoms with Crippen molar-refractivity contribution in [1.29, 1.82) is 21.0 Å². The van der Waals surface area contributed by atoms with E-state index in [1.54, 1.807) is 42.6 Å². The second kappa shape index (κ2) is 23.1. The van der Waals surface area contributed by atoms with Gasteiger partial charge >= 0.3 is 5.97 Å². The maximum absolute atomic E-state index is 11.5. The number of nitriles is 4. The standard InChI is InChI=1S/C23H26N6O5/c24-16-21(17-25)4-1-6-28-8-11-33-13-12-31-9-3-10-32-14-15-34-23(30)20-29-7-2-5-22(18-26)19-27/h1-7,9,28-29H,8,10-15,20H2/b6-1+,7-2+,9-3+. The van der Waals surface area contributed by atoms with Crippen molar-refractivity contribution in [3.8, 4) is 24.3 Å². The minimum absolute atomic E-state index is 0.0334. The third-order valence-corrected chi connectivity index (χ3v) is 3.32. The van der Waals surface area contributed by atoms with E-state index in [4.69, 9.17) is 40.0 Å². The Morgan fingerprint density at radius 3 is 2.03 bits per heavy atom. The monoisotopic (exact) mass is 466 g/mol. The highest BCUT2D eigenvalue weighted by Gasteiger charge is 1.99. The number of ether oxygens (including phenoxy) is 4. The number of carbonyl (C=O) groups excluding carboxylic acids is 1. The molecule has 0 spiro atoms. The highest BCUT2D eigenvalue weighted by molar-refractivity contribution is 5.71. The van der Waals surface area contributed by atoms with Gasteiger partial charge in [-0.25, -0.2) is 0 Å². The molecule has 0 aliphatic rings. The van der Waals surface area contributed by atoms with Crippen LogP contribution in [0.1, 0.15) is 0 Å². The van der Waals surface area contributed by atoms with Gasteiger partial charge < -0.3 is 29.6 Å².